The number of hydrogen-bond donors (Lipinski definition) is 1. The molecule has 0 aliphatic rings. The fourth-order valence-corrected chi connectivity index (χ4v) is 2.89. The zero-order valence-corrected chi connectivity index (χ0v) is 12.3. The topological polar surface area (TPSA) is 76.1 Å². The molecule has 0 unspecified atom stereocenters. The van der Waals surface area contributed by atoms with Crippen molar-refractivity contribution < 1.29 is 14.4 Å². The molecule has 0 fully saturated rings. The second-order valence-electron chi connectivity index (χ2n) is 4.03. The van der Waals surface area contributed by atoms with Crippen molar-refractivity contribution in [1.29, 1.82) is 0 Å². The molecule has 5 nitrogen and oxygen atoms in total. The number of nitrogens with zero attached hydrogens (tertiary/aromatic N) is 1. The number of nitrogens with one attached hydrogen (secondary N) is 1. The van der Waals surface area contributed by atoms with E-state index in [1.807, 2.05) is 5.38 Å². The maximum absolute atomic E-state index is 11.7. The van der Waals surface area contributed by atoms with Crippen molar-refractivity contribution in [2.45, 2.75) is 19.8 Å². The molecule has 2 rings (SSSR count). The highest BCUT2D eigenvalue weighted by Gasteiger charge is 2.12. The molecule has 0 radical (unpaired) electrons. The minimum atomic E-state index is -0.278. The summed E-state index contributed by atoms with van der Waals surface area (Å²) in [6, 6.07) is 3.54. The van der Waals surface area contributed by atoms with Crippen molar-refractivity contribution in [3.63, 3.8) is 0 Å². The second kappa shape index (κ2) is 6.53. The third kappa shape index (κ3) is 3.82. The van der Waals surface area contributed by atoms with Gasteiger partial charge in [0, 0.05) is 19.8 Å². The Bertz CT molecular complexity index is 632. The Morgan fingerprint density at radius 3 is 2.65 bits per heavy atom. The summed E-state index contributed by atoms with van der Waals surface area (Å²) in [4.78, 5) is 39.6. The molecule has 0 saturated carbocycles. The van der Waals surface area contributed by atoms with Crippen LogP contribution in [-0.2, 0) is 4.79 Å². The molecule has 104 valence electrons. The SMILES string of the molecule is CC(=O)c1cnc(NC(=O)CCC(=O)c2cccs2)s1. The number of carbonyl (C=O) groups is 3. The molecule has 7 heteroatoms. The van der Waals surface area contributed by atoms with Crippen molar-refractivity contribution in [2.75, 3.05) is 5.32 Å². The number of hydrogen-bond acceptors (Lipinski definition) is 6. The van der Waals surface area contributed by atoms with Gasteiger partial charge in [-0.3, -0.25) is 14.4 Å². The molecule has 1 N–H and O–H groups in total. The fourth-order valence-electron chi connectivity index (χ4n) is 1.46. The second-order valence-corrected chi connectivity index (χ2v) is 6.01. The lowest BCUT2D eigenvalue weighted by atomic mass is 10.2. The zero-order chi connectivity index (χ0) is 14.5. The van der Waals surface area contributed by atoms with Crippen LogP contribution in [0.5, 0.6) is 0 Å². The fraction of sp³-hybridized carbons (Fsp3) is 0.231. The van der Waals surface area contributed by atoms with Gasteiger partial charge in [-0.15, -0.1) is 11.3 Å². The highest BCUT2D eigenvalue weighted by atomic mass is 32.1. The Labute approximate surface area is 123 Å². The lowest BCUT2D eigenvalue weighted by molar-refractivity contribution is -0.116. The molecular weight excluding hydrogens is 296 g/mol. The van der Waals surface area contributed by atoms with E-state index in [-0.39, 0.29) is 30.3 Å². The summed E-state index contributed by atoms with van der Waals surface area (Å²) in [6.45, 7) is 1.44. The van der Waals surface area contributed by atoms with Gasteiger partial charge < -0.3 is 5.32 Å². The van der Waals surface area contributed by atoms with Crippen molar-refractivity contribution in [3.8, 4) is 0 Å². The lowest BCUT2D eigenvalue weighted by Crippen LogP contribution is -2.12. The molecule has 1 amide bonds. The van der Waals surface area contributed by atoms with Crippen LogP contribution >= 0.6 is 22.7 Å². The average molecular weight is 308 g/mol. The molecule has 0 saturated heterocycles. The Morgan fingerprint density at radius 2 is 2.05 bits per heavy atom. The van der Waals surface area contributed by atoms with Gasteiger partial charge in [-0.25, -0.2) is 4.98 Å². The van der Waals surface area contributed by atoms with Crippen LogP contribution in [0.25, 0.3) is 0 Å². The highest BCUT2D eigenvalue weighted by molar-refractivity contribution is 7.17. The van der Waals surface area contributed by atoms with E-state index in [1.54, 1.807) is 12.1 Å². The number of thiophene rings is 1. The van der Waals surface area contributed by atoms with Crippen LogP contribution in [0.2, 0.25) is 0 Å². The number of amides is 1. The minimum Gasteiger partial charge on any atom is -0.302 e. The first-order chi connectivity index (χ1) is 9.56. The molecule has 0 spiro atoms. The summed E-state index contributed by atoms with van der Waals surface area (Å²) in [7, 11) is 0. The van der Waals surface area contributed by atoms with Crippen molar-refractivity contribution >= 4 is 45.3 Å². The Morgan fingerprint density at radius 1 is 1.25 bits per heavy atom. The number of ketones is 2. The summed E-state index contributed by atoms with van der Waals surface area (Å²) < 4.78 is 0. The summed E-state index contributed by atoms with van der Waals surface area (Å²) in [5.74, 6) is -0.408. The van der Waals surface area contributed by atoms with Gasteiger partial charge in [-0.05, 0) is 11.4 Å². The van der Waals surface area contributed by atoms with Crippen LogP contribution in [0.1, 0.15) is 39.1 Å². The van der Waals surface area contributed by atoms with Crippen LogP contribution in [0, 0.1) is 0 Å². The van der Waals surface area contributed by atoms with Crippen LogP contribution in [0.3, 0.4) is 0 Å². The van der Waals surface area contributed by atoms with Crippen LogP contribution < -0.4 is 5.32 Å². The largest absolute Gasteiger partial charge is 0.302 e. The van der Waals surface area contributed by atoms with Crippen LogP contribution in [-0.4, -0.2) is 22.5 Å². The molecule has 0 atom stereocenters. The number of Topliss-reactive ketones (excluding diaryl/α,β-unsaturated/α-hetero) is 2. The number of thiazole rings is 1. The molecule has 0 bridgehead atoms. The van der Waals surface area contributed by atoms with E-state index in [1.165, 1.54) is 24.5 Å². The zero-order valence-electron chi connectivity index (χ0n) is 10.7. The molecule has 0 aromatic carbocycles. The summed E-state index contributed by atoms with van der Waals surface area (Å²) >= 11 is 2.49. The van der Waals surface area contributed by atoms with E-state index in [0.29, 0.717) is 14.9 Å². The standard InChI is InChI=1S/C13H12N2O3S2/c1-8(16)11-7-14-13(20-11)15-12(18)5-4-9(17)10-3-2-6-19-10/h2-3,6-7H,4-5H2,1H3,(H,14,15,18). The normalized spacial score (nSPS) is 10.2. The minimum absolute atomic E-state index is 0.0429. The van der Waals surface area contributed by atoms with E-state index < -0.39 is 0 Å². The molecule has 2 aromatic heterocycles. The molecule has 2 aromatic rings. The first-order valence-corrected chi connectivity index (χ1v) is 7.59. The van der Waals surface area contributed by atoms with E-state index in [0.717, 1.165) is 11.3 Å². The Balaban J connectivity index is 1.83. The maximum atomic E-state index is 11.7. The summed E-state index contributed by atoms with van der Waals surface area (Å²) in [5.41, 5.74) is 0. The van der Waals surface area contributed by atoms with Gasteiger partial charge in [0.15, 0.2) is 16.7 Å². The highest BCUT2D eigenvalue weighted by Crippen LogP contribution is 2.19. The third-order valence-electron chi connectivity index (χ3n) is 2.47. The first-order valence-electron chi connectivity index (χ1n) is 5.89. The van der Waals surface area contributed by atoms with E-state index in [2.05, 4.69) is 10.3 Å². The predicted molar refractivity (Wildman–Crippen MR) is 78.6 cm³/mol. The number of rotatable bonds is 6. The lowest BCUT2D eigenvalue weighted by Gasteiger charge is -2.00. The van der Waals surface area contributed by atoms with Gasteiger partial charge in [-0.1, -0.05) is 17.4 Å². The van der Waals surface area contributed by atoms with Gasteiger partial charge in [0.25, 0.3) is 0 Å². The summed E-state index contributed by atoms with van der Waals surface area (Å²) in [5, 5.41) is 4.79. The van der Waals surface area contributed by atoms with Crippen molar-refractivity contribution in [3.05, 3.63) is 33.5 Å². The molecule has 20 heavy (non-hydrogen) atoms. The van der Waals surface area contributed by atoms with Gasteiger partial charge in [0.2, 0.25) is 5.91 Å². The maximum Gasteiger partial charge on any atom is 0.226 e. The van der Waals surface area contributed by atoms with E-state index >= 15 is 0 Å². The van der Waals surface area contributed by atoms with Crippen LogP contribution in [0.15, 0.2) is 23.7 Å². The number of anilines is 1. The molecule has 0 aliphatic heterocycles. The van der Waals surface area contributed by atoms with Gasteiger partial charge in [-0.2, -0.15) is 0 Å². The Hall–Kier alpha value is -1.86. The predicted octanol–water partition coefficient (Wildman–Crippen LogP) is 3.01. The van der Waals surface area contributed by atoms with Crippen molar-refractivity contribution in [2.24, 2.45) is 0 Å². The monoisotopic (exact) mass is 308 g/mol. The molecule has 2 heterocycles. The van der Waals surface area contributed by atoms with Crippen molar-refractivity contribution in [1.82, 2.24) is 4.98 Å². The van der Waals surface area contributed by atoms with Crippen LogP contribution in [0.4, 0.5) is 5.13 Å². The molecule has 0 aliphatic carbocycles. The molecular formula is C13H12N2O3S2. The summed E-state index contributed by atoms with van der Waals surface area (Å²) in [6.07, 6.45) is 1.70. The Kier molecular flexibility index (Phi) is 4.75. The van der Waals surface area contributed by atoms with Gasteiger partial charge in [0.1, 0.15) is 0 Å². The number of carbonyl (C=O) groups excluding carboxylic acids is 3. The van der Waals surface area contributed by atoms with E-state index in [9.17, 15) is 14.4 Å². The van der Waals surface area contributed by atoms with Gasteiger partial charge in [0.05, 0.1) is 16.0 Å². The third-order valence-corrected chi connectivity index (χ3v) is 4.40. The quantitative estimate of drug-likeness (QED) is 0.832. The first kappa shape index (κ1) is 14.5. The average Bonchev–Trinajstić information content (AvgIpc) is 3.06. The van der Waals surface area contributed by atoms with E-state index in [4.69, 9.17) is 0 Å². The smallest absolute Gasteiger partial charge is 0.226 e. The number of aromatic nitrogens is 1. The van der Waals surface area contributed by atoms with Gasteiger partial charge >= 0.3 is 0 Å².